The molecule has 0 radical (unpaired) electrons. The summed E-state index contributed by atoms with van der Waals surface area (Å²) < 4.78 is 0. The molecule has 1 aromatic rings. The number of carbonyl (C=O) groups excluding carboxylic acids is 1. The molecular formula is C12H14N2O3. The van der Waals surface area contributed by atoms with Gasteiger partial charge in [0.05, 0.1) is 0 Å². The van der Waals surface area contributed by atoms with Crippen molar-refractivity contribution in [3.05, 3.63) is 47.5 Å². The van der Waals surface area contributed by atoms with E-state index < -0.39 is 11.9 Å². The Kier molecular flexibility index (Phi) is 4.90. The summed E-state index contributed by atoms with van der Waals surface area (Å²) in [5.41, 5.74) is 7.40. The Morgan fingerprint density at radius 2 is 1.76 bits per heavy atom. The first kappa shape index (κ1) is 12.9. The maximum absolute atomic E-state index is 11.2. The van der Waals surface area contributed by atoms with Gasteiger partial charge in [-0.2, -0.15) is 0 Å². The van der Waals surface area contributed by atoms with E-state index in [-0.39, 0.29) is 0 Å². The van der Waals surface area contributed by atoms with E-state index in [1.165, 1.54) is 0 Å². The minimum Gasteiger partial charge on any atom is -0.478 e. The quantitative estimate of drug-likeness (QED) is 0.643. The number of rotatable bonds is 5. The third-order valence-electron chi connectivity index (χ3n) is 2.10. The fourth-order valence-electron chi connectivity index (χ4n) is 1.19. The highest BCUT2D eigenvalue weighted by Gasteiger charge is 1.98. The van der Waals surface area contributed by atoms with Gasteiger partial charge in [0.25, 0.3) is 0 Å². The molecule has 0 aliphatic carbocycles. The molecule has 17 heavy (non-hydrogen) atoms. The zero-order valence-electron chi connectivity index (χ0n) is 9.22. The Hall–Kier alpha value is -2.14. The first-order valence-corrected chi connectivity index (χ1v) is 5.08. The summed E-state index contributed by atoms with van der Waals surface area (Å²) in [4.78, 5) is 21.3. The number of hydrogen-bond acceptors (Lipinski definition) is 3. The Balaban J connectivity index is 2.44. The van der Waals surface area contributed by atoms with Crippen molar-refractivity contribution < 1.29 is 14.7 Å². The largest absolute Gasteiger partial charge is 0.478 e. The van der Waals surface area contributed by atoms with Gasteiger partial charge in [-0.15, -0.1) is 0 Å². The molecule has 5 nitrogen and oxygen atoms in total. The van der Waals surface area contributed by atoms with Crippen LogP contribution in [0.15, 0.2) is 36.4 Å². The summed E-state index contributed by atoms with van der Waals surface area (Å²) in [5.74, 6) is -1.58. The molecule has 0 bridgehead atoms. The van der Waals surface area contributed by atoms with E-state index in [0.29, 0.717) is 13.1 Å². The Morgan fingerprint density at radius 3 is 2.29 bits per heavy atom. The summed E-state index contributed by atoms with van der Waals surface area (Å²) in [6.07, 6.45) is 1.78. The molecule has 5 heteroatoms. The maximum Gasteiger partial charge on any atom is 0.328 e. The molecular weight excluding hydrogens is 220 g/mol. The molecule has 0 spiro atoms. The smallest absolute Gasteiger partial charge is 0.328 e. The number of benzene rings is 1. The standard InChI is InChI=1S/C12H14N2O3/c13-7-9-1-3-10(4-2-9)8-14-11(15)5-6-12(16)17/h1-6H,7-8,13H2,(H,14,15)(H,16,17). The molecule has 0 unspecified atom stereocenters. The van der Waals surface area contributed by atoms with Crippen LogP contribution >= 0.6 is 0 Å². The van der Waals surface area contributed by atoms with Crippen LogP contribution in [0.3, 0.4) is 0 Å². The van der Waals surface area contributed by atoms with Crippen molar-refractivity contribution in [2.75, 3.05) is 0 Å². The lowest BCUT2D eigenvalue weighted by Gasteiger charge is -2.03. The molecule has 4 N–H and O–H groups in total. The monoisotopic (exact) mass is 234 g/mol. The summed E-state index contributed by atoms with van der Waals surface area (Å²) in [6, 6.07) is 7.50. The van der Waals surface area contributed by atoms with Gasteiger partial charge in [0.15, 0.2) is 0 Å². The Bertz CT molecular complexity index is 424. The number of carboxylic acids is 1. The molecule has 0 aliphatic heterocycles. The summed E-state index contributed by atoms with van der Waals surface area (Å²) in [6.45, 7) is 0.835. The lowest BCUT2D eigenvalue weighted by molar-refractivity contribution is -0.131. The zero-order valence-corrected chi connectivity index (χ0v) is 9.22. The number of aliphatic carboxylic acids is 1. The van der Waals surface area contributed by atoms with E-state index in [0.717, 1.165) is 23.3 Å². The van der Waals surface area contributed by atoms with Crippen LogP contribution in [0.4, 0.5) is 0 Å². The van der Waals surface area contributed by atoms with Crippen LogP contribution in [-0.2, 0) is 22.7 Å². The minimum absolute atomic E-state index is 0.355. The molecule has 0 saturated carbocycles. The summed E-state index contributed by atoms with van der Waals surface area (Å²) in [5, 5.41) is 10.9. The average Bonchev–Trinajstić information content (AvgIpc) is 2.34. The lowest BCUT2D eigenvalue weighted by atomic mass is 10.1. The SMILES string of the molecule is NCc1ccc(CNC(=O)C=CC(=O)O)cc1. The lowest BCUT2D eigenvalue weighted by Crippen LogP contribution is -2.20. The van der Waals surface area contributed by atoms with Crippen LogP contribution in [0.5, 0.6) is 0 Å². The third kappa shape index (κ3) is 4.94. The Labute approximate surface area is 98.9 Å². The fourth-order valence-corrected chi connectivity index (χ4v) is 1.19. The number of nitrogens with two attached hydrogens (primary N) is 1. The molecule has 0 heterocycles. The van der Waals surface area contributed by atoms with Crippen molar-refractivity contribution in [3.8, 4) is 0 Å². The second kappa shape index (κ2) is 6.44. The van der Waals surface area contributed by atoms with Crippen molar-refractivity contribution in [1.29, 1.82) is 0 Å². The number of amides is 1. The van der Waals surface area contributed by atoms with Crippen LogP contribution in [0.1, 0.15) is 11.1 Å². The molecule has 0 fully saturated rings. The van der Waals surface area contributed by atoms with E-state index in [1.54, 1.807) is 0 Å². The summed E-state index contributed by atoms with van der Waals surface area (Å²) >= 11 is 0. The second-order valence-corrected chi connectivity index (χ2v) is 3.41. The minimum atomic E-state index is -1.15. The first-order valence-electron chi connectivity index (χ1n) is 5.08. The van der Waals surface area contributed by atoms with Crippen LogP contribution in [0, 0.1) is 0 Å². The van der Waals surface area contributed by atoms with E-state index in [9.17, 15) is 9.59 Å². The van der Waals surface area contributed by atoms with Gasteiger partial charge in [0.2, 0.25) is 5.91 Å². The molecule has 0 aliphatic rings. The molecule has 0 saturated heterocycles. The van der Waals surface area contributed by atoms with E-state index in [1.807, 2.05) is 24.3 Å². The normalized spacial score (nSPS) is 10.4. The van der Waals surface area contributed by atoms with Gasteiger partial charge in [-0.25, -0.2) is 4.79 Å². The van der Waals surface area contributed by atoms with Gasteiger partial charge in [-0.3, -0.25) is 4.79 Å². The molecule has 0 atom stereocenters. The molecule has 1 aromatic carbocycles. The maximum atomic E-state index is 11.2. The fraction of sp³-hybridized carbons (Fsp3) is 0.167. The summed E-state index contributed by atoms with van der Waals surface area (Å²) in [7, 11) is 0. The van der Waals surface area contributed by atoms with E-state index in [4.69, 9.17) is 10.8 Å². The topological polar surface area (TPSA) is 92.4 Å². The van der Waals surface area contributed by atoms with Crippen molar-refractivity contribution in [2.24, 2.45) is 5.73 Å². The van der Waals surface area contributed by atoms with Gasteiger partial charge in [-0.05, 0) is 11.1 Å². The van der Waals surface area contributed by atoms with Crippen molar-refractivity contribution in [3.63, 3.8) is 0 Å². The van der Waals surface area contributed by atoms with Gasteiger partial charge < -0.3 is 16.2 Å². The number of carbonyl (C=O) groups is 2. The van der Waals surface area contributed by atoms with Crippen LogP contribution < -0.4 is 11.1 Å². The number of nitrogens with one attached hydrogen (secondary N) is 1. The van der Waals surface area contributed by atoms with Gasteiger partial charge >= 0.3 is 5.97 Å². The van der Waals surface area contributed by atoms with Crippen molar-refractivity contribution in [2.45, 2.75) is 13.1 Å². The second-order valence-electron chi connectivity index (χ2n) is 3.41. The van der Waals surface area contributed by atoms with Crippen molar-refractivity contribution in [1.82, 2.24) is 5.32 Å². The predicted octanol–water partition coefficient (Wildman–Crippen LogP) is 0.402. The molecule has 90 valence electrons. The predicted molar refractivity (Wildman–Crippen MR) is 63.0 cm³/mol. The molecule has 1 rings (SSSR count). The average molecular weight is 234 g/mol. The van der Waals surface area contributed by atoms with Crippen LogP contribution in [0.2, 0.25) is 0 Å². The van der Waals surface area contributed by atoms with Gasteiger partial charge in [-0.1, -0.05) is 24.3 Å². The molecule has 0 aromatic heterocycles. The third-order valence-corrected chi connectivity index (χ3v) is 2.10. The van der Waals surface area contributed by atoms with Crippen LogP contribution in [-0.4, -0.2) is 17.0 Å². The molecule has 1 amide bonds. The van der Waals surface area contributed by atoms with Gasteiger partial charge in [0.1, 0.15) is 0 Å². The highest BCUT2D eigenvalue weighted by Crippen LogP contribution is 2.03. The Morgan fingerprint density at radius 1 is 1.18 bits per heavy atom. The van der Waals surface area contributed by atoms with E-state index >= 15 is 0 Å². The highest BCUT2D eigenvalue weighted by atomic mass is 16.4. The zero-order chi connectivity index (χ0) is 12.7. The number of hydrogen-bond donors (Lipinski definition) is 3. The van der Waals surface area contributed by atoms with E-state index in [2.05, 4.69) is 5.32 Å². The van der Waals surface area contributed by atoms with Crippen LogP contribution in [0.25, 0.3) is 0 Å². The first-order chi connectivity index (χ1) is 8.11. The number of carboxylic acid groups (broad SMARTS) is 1. The van der Waals surface area contributed by atoms with Crippen molar-refractivity contribution >= 4 is 11.9 Å². The van der Waals surface area contributed by atoms with Gasteiger partial charge in [0, 0.05) is 25.2 Å². The highest BCUT2D eigenvalue weighted by molar-refractivity contribution is 5.93.